The van der Waals surface area contributed by atoms with Gasteiger partial charge in [0.25, 0.3) is 0 Å². The summed E-state index contributed by atoms with van der Waals surface area (Å²) in [7, 11) is 1.92. The summed E-state index contributed by atoms with van der Waals surface area (Å²) < 4.78 is 0. The van der Waals surface area contributed by atoms with Gasteiger partial charge in [0.2, 0.25) is 5.91 Å². The summed E-state index contributed by atoms with van der Waals surface area (Å²) in [6, 6.07) is 10.8. The number of benzene rings is 1. The van der Waals surface area contributed by atoms with Gasteiger partial charge in [-0.2, -0.15) is 0 Å². The lowest BCUT2D eigenvalue weighted by molar-refractivity contribution is -0.132. The summed E-state index contributed by atoms with van der Waals surface area (Å²) in [5.41, 5.74) is 1.23. The molecule has 1 fully saturated rings. The fourth-order valence-corrected chi connectivity index (χ4v) is 2.15. The molecular weight excluding hydrogens is 224 g/mol. The van der Waals surface area contributed by atoms with Crippen molar-refractivity contribution in [3.8, 4) is 0 Å². The van der Waals surface area contributed by atoms with E-state index in [0.29, 0.717) is 18.4 Å². The lowest BCUT2D eigenvalue weighted by Crippen LogP contribution is -2.32. The van der Waals surface area contributed by atoms with Gasteiger partial charge in [-0.3, -0.25) is 4.79 Å². The molecule has 1 aromatic carbocycles. The summed E-state index contributed by atoms with van der Waals surface area (Å²) >= 11 is 0. The molecule has 0 aliphatic heterocycles. The van der Waals surface area contributed by atoms with E-state index in [4.69, 9.17) is 0 Å². The highest BCUT2D eigenvalue weighted by atomic mass is 16.2. The van der Waals surface area contributed by atoms with Gasteiger partial charge in [0, 0.05) is 19.0 Å². The second-order valence-corrected chi connectivity index (χ2v) is 4.95. The Labute approximate surface area is 109 Å². The lowest BCUT2D eigenvalue weighted by Gasteiger charge is -2.22. The van der Waals surface area contributed by atoms with E-state index in [1.165, 1.54) is 18.4 Å². The fraction of sp³-hybridized carbons (Fsp3) is 0.533. The van der Waals surface area contributed by atoms with E-state index < -0.39 is 0 Å². The van der Waals surface area contributed by atoms with E-state index in [1.807, 2.05) is 25.2 Å². The molecule has 1 amide bonds. The number of nitrogens with one attached hydrogen (secondary N) is 1. The highest BCUT2D eigenvalue weighted by Crippen LogP contribution is 2.29. The molecule has 1 aromatic rings. The first-order valence-corrected chi connectivity index (χ1v) is 6.79. The molecule has 0 atom stereocenters. The molecule has 0 saturated heterocycles. The van der Waals surface area contributed by atoms with Gasteiger partial charge in [-0.15, -0.1) is 0 Å². The molecule has 98 valence electrons. The van der Waals surface area contributed by atoms with Crippen molar-refractivity contribution in [2.75, 3.05) is 13.6 Å². The number of amides is 1. The second-order valence-electron chi connectivity index (χ2n) is 4.95. The predicted octanol–water partition coefficient (Wildman–Crippen LogP) is 2.18. The molecule has 0 spiro atoms. The molecule has 1 saturated carbocycles. The van der Waals surface area contributed by atoms with Crippen molar-refractivity contribution in [1.29, 1.82) is 0 Å². The minimum Gasteiger partial charge on any atom is -0.335 e. The molecule has 0 heterocycles. The van der Waals surface area contributed by atoms with Crippen LogP contribution in [0.3, 0.4) is 0 Å². The zero-order chi connectivity index (χ0) is 12.8. The summed E-state index contributed by atoms with van der Waals surface area (Å²) in [5, 5.41) is 3.09. The van der Waals surface area contributed by atoms with Crippen molar-refractivity contribution < 1.29 is 4.79 Å². The molecule has 1 N–H and O–H groups in total. The predicted molar refractivity (Wildman–Crippen MR) is 73.2 cm³/mol. The highest BCUT2D eigenvalue weighted by Gasteiger charge is 2.31. The van der Waals surface area contributed by atoms with Crippen molar-refractivity contribution in [2.45, 2.75) is 38.3 Å². The third kappa shape index (κ3) is 3.84. The van der Waals surface area contributed by atoms with E-state index in [1.54, 1.807) is 0 Å². The summed E-state index contributed by atoms with van der Waals surface area (Å²) in [6.45, 7) is 1.68. The van der Waals surface area contributed by atoms with E-state index in [2.05, 4.69) is 22.3 Å². The number of carbonyl (C=O) groups excluding carboxylic acids is 1. The number of hydrogen-bond acceptors (Lipinski definition) is 2. The highest BCUT2D eigenvalue weighted by molar-refractivity contribution is 5.76. The molecule has 0 unspecified atom stereocenters. The van der Waals surface area contributed by atoms with Gasteiger partial charge in [0.05, 0.1) is 0 Å². The molecule has 3 heteroatoms. The summed E-state index contributed by atoms with van der Waals surface area (Å²) in [5.74, 6) is 0.302. The molecule has 18 heavy (non-hydrogen) atoms. The maximum atomic E-state index is 12.2. The first kappa shape index (κ1) is 13.1. The van der Waals surface area contributed by atoms with Gasteiger partial charge in [-0.25, -0.2) is 0 Å². The monoisotopic (exact) mass is 246 g/mol. The molecule has 0 aromatic heterocycles. The van der Waals surface area contributed by atoms with Crippen LogP contribution >= 0.6 is 0 Å². The average Bonchev–Trinajstić information content (AvgIpc) is 3.21. The van der Waals surface area contributed by atoms with Crippen molar-refractivity contribution in [1.82, 2.24) is 10.2 Å². The third-order valence-corrected chi connectivity index (χ3v) is 3.32. The fourth-order valence-electron chi connectivity index (χ4n) is 2.15. The molecule has 2 rings (SSSR count). The van der Waals surface area contributed by atoms with Crippen LogP contribution in [0.15, 0.2) is 30.3 Å². The SMILES string of the molecule is CNCCCC(=O)N(Cc1ccccc1)C1CC1. The number of rotatable bonds is 7. The van der Waals surface area contributed by atoms with Gasteiger partial charge in [-0.1, -0.05) is 30.3 Å². The number of hydrogen-bond donors (Lipinski definition) is 1. The Hall–Kier alpha value is -1.35. The van der Waals surface area contributed by atoms with Gasteiger partial charge >= 0.3 is 0 Å². The van der Waals surface area contributed by atoms with Crippen LogP contribution < -0.4 is 5.32 Å². The van der Waals surface area contributed by atoms with Crippen LogP contribution in [0.1, 0.15) is 31.2 Å². The normalized spacial score (nSPS) is 14.5. The van der Waals surface area contributed by atoms with Crippen LogP contribution in [0.25, 0.3) is 0 Å². The maximum absolute atomic E-state index is 12.2. The van der Waals surface area contributed by atoms with Gasteiger partial charge in [0.1, 0.15) is 0 Å². The Morgan fingerprint density at radius 1 is 1.33 bits per heavy atom. The summed E-state index contributed by atoms with van der Waals surface area (Å²) in [6.07, 6.45) is 3.92. The van der Waals surface area contributed by atoms with E-state index in [-0.39, 0.29) is 0 Å². The minimum absolute atomic E-state index is 0.302. The first-order chi connectivity index (χ1) is 8.81. The standard InChI is InChI=1S/C15H22N2O/c1-16-11-5-8-15(18)17(14-9-10-14)12-13-6-3-2-4-7-13/h2-4,6-7,14,16H,5,8-12H2,1H3. The van der Waals surface area contributed by atoms with Crippen LogP contribution in [-0.2, 0) is 11.3 Å². The Kier molecular flexibility index (Phi) is 4.76. The van der Waals surface area contributed by atoms with Crippen molar-refractivity contribution >= 4 is 5.91 Å². The van der Waals surface area contributed by atoms with Crippen molar-refractivity contribution in [2.24, 2.45) is 0 Å². The van der Waals surface area contributed by atoms with Crippen LogP contribution in [-0.4, -0.2) is 30.4 Å². The lowest BCUT2D eigenvalue weighted by atomic mass is 10.2. The average molecular weight is 246 g/mol. The largest absolute Gasteiger partial charge is 0.335 e. The van der Waals surface area contributed by atoms with Crippen molar-refractivity contribution in [3.05, 3.63) is 35.9 Å². The van der Waals surface area contributed by atoms with Crippen molar-refractivity contribution in [3.63, 3.8) is 0 Å². The first-order valence-electron chi connectivity index (χ1n) is 6.79. The Bertz CT molecular complexity index is 373. The molecular formula is C15H22N2O. The second kappa shape index (κ2) is 6.55. The van der Waals surface area contributed by atoms with E-state index >= 15 is 0 Å². The molecule has 0 bridgehead atoms. The zero-order valence-corrected chi connectivity index (χ0v) is 11.1. The van der Waals surface area contributed by atoms with Gasteiger partial charge in [0.15, 0.2) is 0 Å². The Morgan fingerprint density at radius 3 is 2.67 bits per heavy atom. The van der Waals surface area contributed by atoms with Crippen LogP contribution in [0.2, 0.25) is 0 Å². The third-order valence-electron chi connectivity index (χ3n) is 3.32. The number of carbonyl (C=O) groups is 1. The van der Waals surface area contributed by atoms with Crippen LogP contribution in [0, 0.1) is 0 Å². The number of nitrogens with zero attached hydrogens (tertiary/aromatic N) is 1. The zero-order valence-electron chi connectivity index (χ0n) is 11.1. The topological polar surface area (TPSA) is 32.3 Å². The van der Waals surface area contributed by atoms with Crippen LogP contribution in [0.4, 0.5) is 0 Å². The molecule has 1 aliphatic rings. The molecule has 0 radical (unpaired) electrons. The summed E-state index contributed by atoms with van der Waals surface area (Å²) in [4.78, 5) is 14.3. The maximum Gasteiger partial charge on any atom is 0.223 e. The quantitative estimate of drug-likeness (QED) is 0.748. The Morgan fingerprint density at radius 2 is 2.06 bits per heavy atom. The van der Waals surface area contributed by atoms with Crippen LogP contribution in [0.5, 0.6) is 0 Å². The van der Waals surface area contributed by atoms with Gasteiger partial charge < -0.3 is 10.2 Å². The van der Waals surface area contributed by atoms with Gasteiger partial charge in [-0.05, 0) is 38.4 Å². The van der Waals surface area contributed by atoms with E-state index in [0.717, 1.165) is 19.5 Å². The molecule has 3 nitrogen and oxygen atoms in total. The molecule has 1 aliphatic carbocycles. The minimum atomic E-state index is 0.302. The Balaban J connectivity index is 1.89. The van der Waals surface area contributed by atoms with E-state index in [9.17, 15) is 4.79 Å². The smallest absolute Gasteiger partial charge is 0.223 e.